The van der Waals surface area contributed by atoms with Gasteiger partial charge in [-0.25, -0.2) is 0 Å². The van der Waals surface area contributed by atoms with Gasteiger partial charge in [-0.3, -0.25) is 0 Å². The summed E-state index contributed by atoms with van der Waals surface area (Å²) in [6.07, 6.45) is 3.56. The van der Waals surface area contributed by atoms with Gasteiger partial charge >= 0.3 is 0 Å². The SMILES string of the molecule is C[C@@H](CCc1ccco1)Nc1ccccc1C#N. The van der Waals surface area contributed by atoms with Crippen LogP contribution in [0.3, 0.4) is 0 Å². The van der Waals surface area contributed by atoms with Gasteiger partial charge in [-0.2, -0.15) is 5.26 Å². The molecule has 92 valence electrons. The molecule has 0 bridgehead atoms. The molecule has 0 saturated heterocycles. The van der Waals surface area contributed by atoms with Crippen molar-refractivity contribution in [3.05, 3.63) is 54.0 Å². The van der Waals surface area contributed by atoms with Crippen LogP contribution < -0.4 is 5.32 Å². The highest BCUT2D eigenvalue weighted by Gasteiger charge is 2.06. The van der Waals surface area contributed by atoms with Crippen LogP contribution in [0.15, 0.2) is 47.1 Å². The second-order valence-electron chi connectivity index (χ2n) is 4.32. The molecule has 1 aromatic carbocycles. The predicted molar refractivity (Wildman–Crippen MR) is 71.3 cm³/mol. The highest BCUT2D eigenvalue weighted by Crippen LogP contribution is 2.16. The normalized spacial score (nSPS) is 11.8. The maximum absolute atomic E-state index is 9.01. The molecular weight excluding hydrogens is 224 g/mol. The Morgan fingerprint density at radius 2 is 2.11 bits per heavy atom. The summed E-state index contributed by atoms with van der Waals surface area (Å²) in [6, 6.07) is 13.9. The van der Waals surface area contributed by atoms with E-state index in [4.69, 9.17) is 9.68 Å². The average Bonchev–Trinajstić information content (AvgIpc) is 2.90. The van der Waals surface area contributed by atoms with Gasteiger partial charge < -0.3 is 9.73 Å². The average molecular weight is 240 g/mol. The number of benzene rings is 1. The number of nitrogens with one attached hydrogen (secondary N) is 1. The Morgan fingerprint density at radius 3 is 2.83 bits per heavy atom. The number of hydrogen-bond donors (Lipinski definition) is 1. The van der Waals surface area contributed by atoms with E-state index in [0.717, 1.165) is 24.3 Å². The van der Waals surface area contributed by atoms with Crippen molar-refractivity contribution in [3.8, 4) is 6.07 Å². The summed E-state index contributed by atoms with van der Waals surface area (Å²) >= 11 is 0. The summed E-state index contributed by atoms with van der Waals surface area (Å²) in [5, 5.41) is 12.4. The molecule has 1 N–H and O–H groups in total. The molecular formula is C15H16N2O. The van der Waals surface area contributed by atoms with Crippen LogP contribution >= 0.6 is 0 Å². The first-order valence-electron chi connectivity index (χ1n) is 6.07. The highest BCUT2D eigenvalue weighted by molar-refractivity contribution is 5.57. The van der Waals surface area contributed by atoms with Gasteiger partial charge in [0.05, 0.1) is 17.5 Å². The molecule has 18 heavy (non-hydrogen) atoms. The fourth-order valence-corrected chi connectivity index (χ4v) is 1.86. The number of para-hydroxylation sites is 1. The van der Waals surface area contributed by atoms with Crippen LogP contribution in [-0.2, 0) is 6.42 Å². The Labute approximate surface area is 107 Å². The molecule has 3 nitrogen and oxygen atoms in total. The molecule has 1 aromatic heterocycles. The standard InChI is InChI=1S/C15H16N2O/c1-12(8-9-14-6-4-10-18-14)17-15-7-3-2-5-13(15)11-16/h2-7,10,12,17H,8-9H2,1H3/t12-/m0/s1. The molecule has 0 spiro atoms. The summed E-state index contributed by atoms with van der Waals surface area (Å²) in [5.41, 5.74) is 1.58. The van der Waals surface area contributed by atoms with E-state index in [1.807, 2.05) is 36.4 Å². The zero-order valence-electron chi connectivity index (χ0n) is 10.4. The van der Waals surface area contributed by atoms with Crippen molar-refractivity contribution < 1.29 is 4.42 Å². The Morgan fingerprint density at radius 1 is 1.28 bits per heavy atom. The molecule has 0 aliphatic heterocycles. The minimum atomic E-state index is 0.296. The molecule has 0 amide bonds. The van der Waals surface area contributed by atoms with E-state index in [2.05, 4.69) is 18.3 Å². The molecule has 0 aliphatic rings. The lowest BCUT2D eigenvalue weighted by atomic mass is 10.1. The Balaban J connectivity index is 1.91. The number of aryl methyl sites for hydroxylation is 1. The summed E-state index contributed by atoms with van der Waals surface area (Å²) < 4.78 is 5.30. The van der Waals surface area contributed by atoms with Gasteiger partial charge in [0.25, 0.3) is 0 Å². The molecule has 3 heteroatoms. The van der Waals surface area contributed by atoms with E-state index in [1.54, 1.807) is 6.26 Å². The van der Waals surface area contributed by atoms with Gasteiger partial charge in [-0.1, -0.05) is 12.1 Å². The van der Waals surface area contributed by atoms with Crippen molar-refractivity contribution in [2.45, 2.75) is 25.8 Å². The maximum atomic E-state index is 9.01. The van der Waals surface area contributed by atoms with E-state index in [1.165, 1.54) is 0 Å². The third-order valence-electron chi connectivity index (χ3n) is 2.85. The molecule has 0 unspecified atom stereocenters. The van der Waals surface area contributed by atoms with Crippen LogP contribution in [0.2, 0.25) is 0 Å². The summed E-state index contributed by atoms with van der Waals surface area (Å²) in [5.74, 6) is 0.997. The Hall–Kier alpha value is -2.21. The van der Waals surface area contributed by atoms with E-state index in [9.17, 15) is 0 Å². The van der Waals surface area contributed by atoms with Crippen molar-refractivity contribution in [1.82, 2.24) is 0 Å². The van der Waals surface area contributed by atoms with E-state index < -0.39 is 0 Å². The molecule has 2 rings (SSSR count). The Kier molecular flexibility index (Phi) is 4.03. The zero-order chi connectivity index (χ0) is 12.8. The molecule has 1 heterocycles. The minimum Gasteiger partial charge on any atom is -0.469 e. The van der Waals surface area contributed by atoms with Crippen molar-refractivity contribution >= 4 is 5.69 Å². The van der Waals surface area contributed by atoms with Gasteiger partial charge in [0.2, 0.25) is 0 Å². The number of rotatable bonds is 5. The summed E-state index contributed by atoms with van der Waals surface area (Å²) in [6.45, 7) is 2.11. The van der Waals surface area contributed by atoms with Crippen molar-refractivity contribution in [3.63, 3.8) is 0 Å². The lowest BCUT2D eigenvalue weighted by Gasteiger charge is -2.15. The second kappa shape index (κ2) is 5.92. The number of nitrogens with zero attached hydrogens (tertiary/aromatic N) is 1. The van der Waals surface area contributed by atoms with Gasteiger partial charge in [-0.15, -0.1) is 0 Å². The highest BCUT2D eigenvalue weighted by atomic mass is 16.3. The first-order valence-corrected chi connectivity index (χ1v) is 6.07. The molecule has 0 saturated carbocycles. The number of hydrogen-bond acceptors (Lipinski definition) is 3. The number of nitriles is 1. The largest absolute Gasteiger partial charge is 0.469 e. The second-order valence-corrected chi connectivity index (χ2v) is 4.32. The third kappa shape index (κ3) is 3.14. The van der Waals surface area contributed by atoms with E-state index in [-0.39, 0.29) is 0 Å². The third-order valence-corrected chi connectivity index (χ3v) is 2.85. The van der Waals surface area contributed by atoms with Crippen LogP contribution in [0.1, 0.15) is 24.7 Å². The molecule has 0 fully saturated rings. The van der Waals surface area contributed by atoms with Crippen LogP contribution in [0.25, 0.3) is 0 Å². The molecule has 2 aromatic rings. The van der Waals surface area contributed by atoms with Crippen molar-refractivity contribution in [1.29, 1.82) is 5.26 Å². The quantitative estimate of drug-likeness (QED) is 0.868. The summed E-state index contributed by atoms with van der Waals surface area (Å²) in [4.78, 5) is 0. The van der Waals surface area contributed by atoms with Crippen molar-refractivity contribution in [2.24, 2.45) is 0 Å². The minimum absolute atomic E-state index is 0.296. The van der Waals surface area contributed by atoms with E-state index >= 15 is 0 Å². The lowest BCUT2D eigenvalue weighted by Crippen LogP contribution is -2.16. The Bertz CT molecular complexity index is 526. The lowest BCUT2D eigenvalue weighted by molar-refractivity contribution is 0.495. The fourth-order valence-electron chi connectivity index (χ4n) is 1.86. The monoisotopic (exact) mass is 240 g/mol. The smallest absolute Gasteiger partial charge is 0.103 e. The molecule has 1 atom stereocenters. The molecule has 0 aliphatic carbocycles. The van der Waals surface area contributed by atoms with Crippen LogP contribution in [-0.4, -0.2) is 6.04 Å². The van der Waals surface area contributed by atoms with Gasteiger partial charge in [-0.05, 0) is 37.6 Å². The number of anilines is 1. The van der Waals surface area contributed by atoms with Crippen molar-refractivity contribution in [2.75, 3.05) is 5.32 Å². The van der Waals surface area contributed by atoms with Crippen LogP contribution in [0.5, 0.6) is 0 Å². The first-order chi connectivity index (χ1) is 8.79. The van der Waals surface area contributed by atoms with Gasteiger partial charge in [0, 0.05) is 12.5 Å². The topological polar surface area (TPSA) is 49.0 Å². The summed E-state index contributed by atoms with van der Waals surface area (Å²) in [7, 11) is 0. The first kappa shape index (κ1) is 12.3. The zero-order valence-corrected chi connectivity index (χ0v) is 10.4. The van der Waals surface area contributed by atoms with Gasteiger partial charge in [0.15, 0.2) is 0 Å². The maximum Gasteiger partial charge on any atom is 0.103 e. The fraction of sp³-hybridized carbons (Fsp3) is 0.267. The van der Waals surface area contributed by atoms with Crippen LogP contribution in [0.4, 0.5) is 5.69 Å². The van der Waals surface area contributed by atoms with Gasteiger partial charge in [0.1, 0.15) is 11.8 Å². The van der Waals surface area contributed by atoms with Crippen LogP contribution in [0, 0.1) is 11.3 Å². The molecule has 0 radical (unpaired) electrons. The van der Waals surface area contributed by atoms with E-state index in [0.29, 0.717) is 11.6 Å². The predicted octanol–water partition coefficient (Wildman–Crippen LogP) is 3.58. The number of furan rings is 1.